The van der Waals surface area contributed by atoms with E-state index in [1.807, 2.05) is 30.1 Å². The minimum absolute atomic E-state index is 0.325. The molecule has 2 aromatic carbocycles. The van der Waals surface area contributed by atoms with E-state index in [2.05, 4.69) is 32.4 Å². The Morgan fingerprint density at radius 3 is 2.58 bits per heavy atom. The number of nitrogens with zero attached hydrogens (tertiary/aromatic N) is 4. The van der Waals surface area contributed by atoms with E-state index in [-0.39, 0.29) is 11.7 Å². The van der Waals surface area contributed by atoms with Gasteiger partial charge in [-0.15, -0.1) is 0 Å². The second kappa shape index (κ2) is 9.11. The van der Waals surface area contributed by atoms with Gasteiger partial charge >= 0.3 is 0 Å². The van der Waals surface area contributed by atoms with Gasteiger partial charge in [-0.3, -0.25) is 14.4 Å². The van der Waals surface area contributed by atoms with Crippen molar-refractivity contribution in [3.63, 3.8) is 0 Å². The molecule has 4 aromatic rings. The third-order valence-electron chi connectivity index (χ3n) is 6.26. The molecule has 0 spiro atoms. The summed E-state index contributed by atoms with van der Waals surface area (Å²) in [4.78, 5) is 19.4. The van der Waals surface area contributed by atoms with Crippen molar-refractivity contribution in [2.45, 2.75) is 25.8 Å². The maximum atomic E-state index is 13.1. The first kappa shape index (κ1) is 21.3. The topological polar surface area (TPSA) is 63.1 Å². The summed E-state index contributed by atoms with van der Waals surface area (Å²) in [5.41, 5.74) is 3.79. The van der Waals surface area contributed by atoms with Crippen LogP contribution in [0.25, 0.3) is 21.9 Å². The molecule has 7 heteroatoms. The van der Waals surface area contributed by atoms with Gasteiger partial charge in [0.1, 0.15) is 11.6 Å². The van der Waals surface area contributed by atoms with Crippen LogP contribution in [0.2, 0.25) is 0 Å². The molecule has 5 rings (SSSR count). The van der Waals surface area contributed by atoms with Crippen molar-refractivity contribution in [2.75, 3.05) is 18.4 Å². The molecule has 0 unspecified atom stereocenters. The van der Waals surface area contributed by atoms with Gasteiger partial charge in [-0.05, 0) is 73.3 Å². The average Bonchev–Trinajstić information content (AvgIpc) is 3.19. The molecule has 1 N–H and O–H groups in total. The average molecular weight is 444 g/mol. The SMILES string of the molecule is Cn1ncc(-c2ccc3cnc(NC(=O)c4ccc(F)cc4)cc3c2)c1CN1CCCCC1. The number of benzene rings is 2. The molecule has 0 radical (unpaired) electrons. The number of rotatable bonds is 5. The monoisotopic (exact) mass is 443 g/mol. The number of anilines is 1. The fourth-order valence-corrected chi connectivity index (χ4v) is 4.39. The number of aromatic nitrogens is 3. The van der Waals surface area contributed by atoms with Crippen LogP contribution in [0.3, 0.4) is 0 Å². The van der Waals surface area contributed by atoms with Gasteiger partial charge in [0, 0.05) is 36.3 Å². The largest absolute Gasteiger partial charge is 0.307 e. The maximum Gasteiger partial charge on any atom is 0.256 e. The number of hydrogen-bond donors (Lipinski definition) is 1. The third-order valence-corrected chi connectivity index (χ3v) is 6.26. The molecule has 6 nitrogen and oxygen atoms in total. The van der Waals surface area contributed by atoms with E-state index in [4.69, 9.17) is 0 Å². The minimum Gasteiger partial charge on any atom is -0.307 e. The zero-order valence-electron chi connectivity index (χ0n) is 18.6. The van der Waals surface area contributed by atoms with Crippen LogP contribution in [0.5, 0.6) is 0 Å². The number of nitrogens with one attached hydrogen (secondary N) is 1. The summed E-state index contributed by atoms with van der Waals surface area (Å²) in [6.07, 6.45) is 7.49. The lowest BCUT2D eigenvalue weighted by Gasteiger charge is -2.26. The predicted octanol–water partition coefficient (Wildman–Crippen LogP) is 5.01. The van der Waals surface area contributed by atoms with Crippen molar-refractivity contribution in [1.29, 1.82) is 0 Å². The molecule has 33 heavy (non-hydrogen) atoms. The van der Waals surface area contributed by atoms with Gasteiger partial charge in [0.05, 0.1) is 11.9 Å². The summed E-state index contributed by atoms with van der Waals surface area (Å²) in [6, 6.07) is 13.6. The Morgan fingerprint density at radius 2 is 1.79 bits per heavy atom. The van der Waals surface area contributed by atoms with E-state index in [9.17, 15) is 9.18 Å². The Bertz CT molecular complexity index is 1290. The Morgan fingerprint density at radius 1 is 1.00 bits per heavy atom. The van der Waals surface area contributed by atoms with Gasteiger partial charge in [-0.2, -0.15) is 5.10 Å². The quantitative estimate of drug-likeness (QED) is 0.471. The Labute approximate surface area is 192 Å². The number of fused-ring (bicyclic) bond motifs is 1. The summed E-state index contributed by atoms with van der Waals surface area (Å²) < 4.78 is 15.1. The first-order valence-corrected chi connectivity index (χ1v) is 11.3. The van der Waals surface area contributed by atoms with Crippen LogP contribution < -0.4 is 5.32 Å². The van der Waals surface area contributed by atoms with Crippen molar-refractivity contribution in [3.05, 3.63) is 78.0 Å². The molecular formula is C26H26FN5O. The van der Waals surface area contributed by atoms with Gasteiger partial charge in [0.2, 0.25) is 0 Å². The number of aryl methyl sites for hydroxylation is 1. The lowest BCUT2D eigenvalue weighted by Crippen LogP contribution is -2.30. The molecule has 1 fully saturated rings. The van der Waals surface area contributed by atoms with Crippen LogP contribution in [0.1, 0.15) is 35.3 Å². The Kier molecular flexibility index (Phi) is 5.88. The highest BCUT2D eigenvalue weighted by Crippen LogP contribution is 2.29. The zero-order chi connectivity index (χ0) is 22.8. The predicted molar refractivity (Wildman–Crippen MR) is 127 cm³/mol. The van der Waals surface area contributed by atoms with Crippen LogP contribution in [-0.4, -0.2) is 38.7 Å². The van der Waals surface area contributed by atoms with Crippen molar-refractivity contribution >= 4 is 22.5 Å². The summed E-state index contributed by atoms with van der Waals surface area (Å²) in [5.74, 6) is -0.249. The molecule has 0 bridgehead atoms. The summed E-state index contributed by atoms with van der Waals surface area (Å²) in [6.45, 7) is 3.15. The van der Waals surface area contributed by atoms with E-state index in [0.717, 1.165) is 41.5 Å². The highest BCUT2D eigenvalue weighted by Gasteiger charge is 2.17. The van der Waals surface area contributed by atoms with Crippen molar-refractivity contribution < 1.29 is 9.18 Å². The maximum absolute atomic E-state index is 13.1. The summed E-state index contributed by atoms with van der Waals surface area (Å²) >= 11 is 0. The summed E-state index contributed by atoms with van der Waals surface area (Å²) in [5, 5.41) is 9.29. The first-order chi connectivity index (χ1) is 16.1. The normalized spacial score (nSPS) is 14.5. The van der Waals surface area contributed by atoms with Crippen LogP contribution >= 0.6 is 0 Å². The second-order valence-corrected chi connectivity index (χ2v) is 8.56. The molecule has 0 atom stereocenters. The molecule has 168 valence electrons. The van der Waals surface area contributed by atoms with Crippen molar-refractivity contribution in [3.8, 4) is 11.1 Å². The van der Waals surface area contributed by atoms with Gasteiger partial charge < -0.3 is 5.32 Å². The molecule has 3 heterocycles. The minimum atomic E-state index is -0.377. The lowest BCUT2D eigenvalue weighted by molar-refractivity contribution is 0.102. The van der Waals surface area contributed by atoms with Gasteiger partial charge in [-0.1, -0.05) is 18.6 Å². The molecule has 0 aliphatic carbocycles. The molecule has 1 aliphatic heterocycles. The number of likely N-dealkylation sites (tertiary alicyclic amines) is 1. The van der Waals surface area contributed by atoms with E-state index in [1.165, 1.54) is 49.2 Å². The standard InChI is InChI=1S/C26H26FN5O/c1-31-24(17-32-11-3-2-4-12-32)23(16-29-31)19-5-6-20-15-28-25(14-21(20)13-19)30-26(33)18-7-9-22(27)10-8-18/h5-10,13-16H,2-4,11-12,17H2,1H3,(H,28,30,33). The zero-order valence-corrected chi connectivity index (χ0v) is 18.6. The highest BCUT2D eigenvalue weighted by atomic mass is 19.1. The molecule has 0 saturated carbocycles. The Hall–Kier alpha value is -3.58. The van der Waals surface area contributed by atoms with Crippen molar-refractivity contribution in [2.24, 2.45) is 7.05 Å². The number of pyridine rings is 1. The number of carbonyl (C=O) groups is 1. The number of amides is 1. The number of hydrogen-bond acceptors (Lipinski definition) is 4. The second-order valence-electron chi connectivity index (χ2n) is 8.56. The lowest BCUT2D eigenvalue weighted by atomic mass is 10.0. The molecule has 2 aromatic heterocycles. The van der Waals surface area contributed by atoms with E-state index in [1.54, 1.807) is 6.20 Å². The third kappa shape index (κ3) is 4.64. The number of piperidine rings is 1. The fourth-order valence-electron chi connectivity index (χ4n) is 4.39. The summed E-state index contributed by atoms with van der Waals surface area (Å²) in [7, 11) is 2.00. The van der Waals surface area contributed by atoms with Crippen LogP contribution in [-0.2, 0) is 13.6 Å². The van der Waals surface area contributed by atoms with Crippen LogP contribution in [0.15, 0.2) is 60.9 Å². The van der Waals surface area contributed by atoms with Gasteiger partial charge in [0.15, 0.2) is 0 Å². The fraction of sp³-hybridized carbons (Fsp3) is 0.269. The molecule has 1 saturated heterocycles. The van der Waals surface area contributed by atoms with E-state index < -0.39 is 0 Å². The van der Waals surface area contributed by atoms with Crippen LogP contribution in [0.4, 0.5) is 10.2 Å². The van der Waals surface area contributed by atoms with Crippen LogP contribution in [0, 0.1) is 5.82 Å². The van der Waals surface area contributed by atoms with E-state index >= 15 is 0 Å². The molecular weight excluding hydrogens is 417 g/mol. The van der Waals surface area contributed by atoms with E-state index in [0.29, 0.717) is 11.4 Å². The molecule has 1 aliphatic rings. The molecule has 1 amide bonds. The van der Waals surface area contributed by atoms with Gasteiger partial charge in [-0.25, -0.2) is 9.37 Å². The Balaban J connectivity index is 1.41. The van der Waals surface area contributed by atoms with Gasteiger partial charge in [0.25, 0.3) is 5.91 Å². The number of carbonyl (C=O) groups excluding carboxylic acids is 1. The smallest absolute Gasteiger partial charge is 0.256 e. The highest BCUT2D eigenvalue weighted by molar-refractivity contribution is 6.04. The first-order valence-electron chi connectivity index (χ1n) is 11.3. The van der Waals surface area contributed by atoms with Crippen molar-refractivity contribution in [1.82, 2.24) is 19.7 Å². The number of halogens is 1.